The van der Waals surface area contributed by atoms with Crippen molar-refractivity contribution >= 4 is 17.7 Å². The molecule has 1 saturated heterocycles. The Bertz CT molecular complexity index is 564. The zero-order valence-corrected chi connectivity index (χ0v) is 15.4. The van der Waals surface area contributed by atoms with E-state index in [-0.39, 0.29) is 23.8 Å². The summed E-state index contributed by atoms with van der Waals surface area (Å²) in [5.41, 5.74) is 0. The number of hydrogen-bond acceptors (Lipinski definition) is 6. The number of esters is 1. The van der Waals surface area contributed by atoms with E-state index in [0.717, 1.165) is 45.2 Å². The number of amides is 1. The van der Waals surface area contributed by atoms with E-state index in [0.29, 0.717) is 18.2 Å². The molecule has 1 aromatic heterocycles. The number of nitrogens with one attached hydrogen (secondary N) is 1. The molecule has 2 rings (SSSR count). The van der Waals surface area contributed by atoms with Crippen LogP contribution in [0.3, 0.4) is 0 Å². The lowest BCUT2D eigenvalue weighted by Gasteiger charge is -2.36. The number of piperidine rings is 1. The number of likely N-dealkylation sites (tertiary alicyclic amines) is 1. The zero-order chi connectivity index (χ0) is 18.2. The van der Waals surface area contributed by atoms with Gasteiger partial charge in [0.05, 0.1) is 18.6 Å². The van der Waals surface area contributed by atoms with Crippen LogP contribution in [-0.2, 0) is 14.3 Å². The van der Waals surface area contributed by atoms with Gasteiger partial charge in [0.25, 0.3) is 0 Å². The summed E-state index contributed by atoms with van der Waals surface area (Å²) < 4.78 is 10.1. The van der Waals surface area contributed by atoms with Gasteiger partial charge in [-0.2, -0.15) is 0 Å². The molecule has 0 spiro atoms. The van der Waals surface area contributed by atoms with Gasteiger partial charge in [0.2, 0.25) is 5.91 Å². The second kappa shape index (κ2) is 9.56. The molecule has 1 amide bonds. The highest BCUT2D eigenvalue weighted by molar-refractivity contribution is 5.94. The first-order valence-electron chi connectivity index (χ1n) is 9.20. The second-order valence-electron chi connectivity index (χ2n) is 6.53. The summed E-state index contributed by atoms with van der Waals surface area (Å²) in [7, 11) is 0. The summed E-state index contributed by atoms with van der Waals surface area (Å²) in [5, 5.41) is 6.68. The summed E-state index contributed by atoms with van der Waals surface area (Å²) in [5.74, 6) is 0.886. The summed E-state index contributed by atoms with van der Waals surface area (Å²) >= 11 is 0. The van der Waals surface area contributed by atoms with E-state index in [2.05, 4.69) is 22.3 Å². The largest absolute Gasteiger partial charge is 0.466 e. The fourth-order valence-corrected chi connectivity index (χ4v) is 3.22. The first-order valence-corrected chi connectivity index (χ1v) is 9.20. The van der Waals surface area contributed by atoms with E-state index < -0.39 is 0 Å². The highest BCUT2D eigenvalue weighted by atomic mass is 16.5. The van der Waals surface area contributed by atoms with Crippen LogP contribution >= 0.6 is 0 Å². The van der Waals surface area contributed by atoms with Crippen molar-refractivity contribution in [3.63, 3.8) is 0 Å². The maximum absolute atomic E-state index is 12.7. The standard InChI is InChI=1S/C18H29N3O4/c1-4-6-7-15(17(22)19-16-12-13(3)25-20-16)21-10-8-14(9-11-21)18(23)24-5-2/h12,14-15H,4-11H2,1-3H3,(H,19,20,22). The van der Waals surface area contributed by atoms with Crippen molar-refractivity contribution in [2.45, 2.75) is 58.9 Å². The molecular weight excluding hydrogens is 322 g/mol. The van der Waals surface area contributed by atoms with Crippen molar-refractivity contribution in [1.29, 1.82) is 0 Å². The third-order valence-electron chi connectivity index (χ3n) is 4.60. The Hall–Kier alpha value is -1.89. The van der Waals surface area contributed by atoms with Gasteiger partial charge in [0.15, 0.2) is 5.82 Å². The molecular formula is C18H29N3O4. The number of hydrogen-bond donors (Lipinski definition) is 1. The molecule has 25 heavy (non-hydrogen) atoms. The van der Waals surface area contributed by atoms with E-state index in [9.17, 15) is 9.59 Å². The van der Waals surface area contributed by atoms with Crippen LogP contribution < -0.4 is 5.32 Å². The lowest BCUT2D eigenvalue weighted by atomic mass is 9.94. The molecule has 1 unspecified atom stereocenters. The molecule has 0 saturated carbocycles. The number of carbonyl (C=O) groups excluding carboxylic acids is 2. The maximum atomic E-state index is 12.7. The molecule has 7 nitrogen and oxygen atoms in total. The molecule has 0 radical (unpaired) electrons. The van der Waals surface area contributed by atoms with Crippen LogP contribution in [0, 0.1) is 12.8 Å². The molecule has 1 aliphatic rings. The van der Waals surface area contributed by atoms with E-state index in [1.807, 2.05) is 6.92 Å². The quantitative estimate of drug-likeness (QED) is 0.725. The van der Waals surface area contributed by atoms with Crippen LogP contribution in [-0.4, -0.2) is 47.7 Å². The number of anilines is 1. The molecule has 1 N–H and O–H groups in total. The zero-order valence-electron chi connectivity index (χ0n) is 15.4. The van der Waals surface area contributed by atoms with Crippen LogP contribution in [0.25, 0.3) is 0 Å². The van der Waals surface area contributed by atoms with Gasteiger partial charge in [0, 0.05) is 6.07 Å². The number of carbonyl (C=O) groups is 2. The van der Waals surface area contributed by atoms with Crippen LogP contribution in [0.1, 0.15) is 51.7 Å². The number of unbranched alkanes of at least 4 members (excludes halogenated alkanes) is 1. The van der Waals surface area contributed by atoms with Gasteiger partial charge in [-0.25, -0.2) is 0 Å². The highest BCUT2D eigenvalue weighted by Crippen LogP contribution is 2.23. The molecule has 1 atom stereocenters. The molecule has 2 heterocycles. The number of ether oxygens (including phenoxy) is 1. The van der Waals surface area contributed by atoms with Crippen LogP contribution in [0.4, 0.5) is 5.82 Å². The molecule has 140 valence electrons. The van der Waals surface area contributed by atoms with Gasteiger partial charge in [-0.3, -0.25) is 14.5 Å². The van der Waals surface area contributed by atoms with E-state index in [1.165, 1.54) is 0 Å². The van der Waals surface area contributed by atoms with E-state index in [4.69, 9.17) is 9.26 Å². The third kappa shape index (κ3) is 5.56. The third-order valence-corrected chi connectivity index (χ3v) is 4.60. The Balaban J connectivity index is 1.95. The number of aromatic nitrogens is 1. The lowest BCUT2D eigenvalue weighted by molar-refractivity contribution is -0.149. The van der Waals surface area contributed by atoms with Crippen molar-refractivity contribution in [3.05, 3.63) is 11.8 Å². The second-order valence-corrected chi connectivity index (χ2v) is 6.53. The fourth-order valence-electron chi connectivity index (χ4n) is 3.22. The lowest BCUT2D eigenvalue weighted by Crippen LogP contribution is -2.48. The van der Waals surface area contributed by atoms with Crippen LogP contribution in [0.15, 0.2) is 10.6 Å². The normalized spacial score (nSPS) is 17.2. The monoisotopic (exact) mass is 351 g/mol. The Morgan fingerprint density at radius 2 is 2.12 bits per heavy atom. The van der Waals surface area contributed by atoms with Gasteiger partial charge in [-0.15, -0.1) is 0 Å². The predicted octanol–water partition coefficient (Wildman–Crippen LogP) is 2.76. The molecule has 1 aromatic rings. The van der Waals surface area contributed by atoms with Crippen LogP contribution in [0.5, 0.6) is 0 Å². The van der Waals surface area contributed by atoms with Gasteiger partial charge in [-0.05, 0) is 46.2 Å². The fraction of sp³-hybridized carbons (Fsp3) is 0.722. The average molecular weight is 351 g/mol. The van der Waals surface area contributed by atoms with Crippen molar-refractivity contribution in [1.82, 2.24) is 10.1 Å². The van der Waals surface area contributed by atoms with E-state index in [1.54, 1.807) is 13.0 Å². The topological polar surface area (TPSA) is 84.7 Å². The van der Waals surface area contributed by atoms with Gasteiger partial charge >= 0.3 is 5.97 Å². The summed E-state index contributed by atoms with van der Waals surface area (Å²) in [6, 6.07) is 1.50. The minimum absolute atomic E-state index is 0.0516. The molecule has 0 aliphatic carbocycles. The number of aryl methyl sites for hydroxylation is 1. The smallest absolute Gasteiger partial charge is 0.309 e. The summed E-state index contributed by atoms with van der Waals surface area (Å²) in [6.07, 6.45) is 4.28. The van der Waals surface area contributed by atoms with Crippen molar-refractivity contribution in [2.75, 3.05) is 25.0 Å². The first-order chi connectivity index (χ1) is 12.0. The number of nitrogens with zero attached hydrogens (tertiary/aromatic N) is 2. The molecule has 7 heteroatoms. The van der Waals surface area contributed by atoms with Crippen molar-refractivity contribution in [3.8, 4) is 0 Å². The summed E-state index contributed by atoms with van der Waals surface area (Å²) in [6.45, 7) is 7.59. The predicted molar refractivity (Wildman–Crippen MR) is 94.1 cm³/mol. The number of rotatable bonds is 8. The molecule has 1 fully saturated rings. The van der Waals surface area contributed by atoms with Gasteiger partial charge in [-0.1, -0.05) is 24.9 Å². The Morgan fingerprint density at radius 1 is 1.40 bits per heavy atom. The molecule has 0 bridgehead atoms. The molecule has 0 aromatic carbocycles. The Labute approximate surface area is 149 Å². The maximum Gasteiger partial charge on any atom is 0.309 e. The SMILES string of the molecule is CCCCC(C(=O)Nc1cc(C)on1)N1CCC(C(=O)OCC)CC1. The molecule has 1 aliphatic heterocycles. The van der Waals surface area contributed by atoms with Crippen molar-refractivity contribution < 1.29 is 18.8 Å². The Kier molecular flexibility index (Phi) is 7.43. The van der Waals surface area contributed by atoms with Gasteiger partial charge < -0.3 is 14.6 Å². The highest BCUT2D eigenvalue weighted by Gasteiger charge is 2.32. The van der Waals surface area contributed by atoms with Crippen molar-refractivity contribution in [2.24, 2.45) is 5.92 Å². The summed E-state index contributed by atoms with van der Waals surface area (Å²) in [4.78, 5) is 26.8. The first kappa shape index (κ1) is 19.4. The van der Waals surface area contributed by atoms with E-state index >= 15 is 0 Å². The Morgan fingerprint density at radius 3 is 2.68 bits per heavy atom. The minimum Gasteiger partial charge on any atom is -0.466 e. The average Bonchev–Trinajstić information content (AvgIpc) is 3.01. The van der Waals surface area contributed by atoms with Gasteiger partial charge in [0.1, 0.15) is 5.76 Å². The minimum atomic E-state index is -0.208. The van der Waals surface area contributed by atoms with Crippen LogP contribution in [0.2, 0.25) is 0 Å².